The molecule has 2 fully saturated rings. The van der Waals surface area contributed by atoms with Gasteiger partial charge in [0.25, 0.3) is 0 Å². The quantitative estimate of drug-likeness (QED) is 0.154. The van der Waals surface area contributed by atoms with Gasteiger partial charge < -0.3 is 54.7 Å². The molecule has 0 aliphatic carbocycles. The number of halogens is 4. The van der Waals surface area contributed by atoms with E-state index >= 15 is 0 Å². The third kappa shape index (κ3) is 5.19. The van der Waals surface area contributed by atoms with Crippen LogP contribution < -0.4 is 0 Å². The fraction of sp³-hybridized carbons (Fsp3) is 0.684. The Bertz CT molecular complexity index is 833. The number of hydrogen-bond donors (Lipinski definition) is 7. The van der Waals surface area contributed by atoms with Crippen LogP contribution in [-0.2, 0) is 32.2 Å². The third-order valence-corrected chi connectivity index (χ3v) is 5.57. The molecular weight excluding hydrogens is 480 g/mol. The summed E-state index contributed by atoms with van der Waals surface area (Å²) in [6.07, 6.45) is -15.4. The van der Waals surface area contributed by atoms with Gasteiger partial charge in [-0.2, -0.15) is 0 Å². The van der Waals surface area contributed by atoms with Crippen molar-refractivity contribution < 1.29 is 72.3 Å². The lowest BCUT2D eigenvalue weighted by atomic mass is 9.99. The lowest BCUT2D eigenvalue weighted by Gasteiger charge is -2.39. The largest absolute Gasteiger partial charge is 0.394 e. The zero-order chi connectivity index (χ0) is 25.3. The number of benzene rings is 1. The first kappa shape index (κ1) is 27.1. The van der Waals surface area contributed by atoms with Crippen LogP contribution in [0.5, 0.6) is 0 Å². The number of aliphatic hydroxyl groups is 7. The molecule has 0 radical (unpaired) electrons. The minimum Gasteiger partial charge on any atom is -0.394 e. The molecule has 11 nitrogen and oxygen atoms in total. The van der Waals surface area contributed by atoms with E-state index in [-0.39, 0.29) is 0 Å². The van der Waals surface area contributed by atoms with Gasteiger partial charge in [-0.1, -0.05) is 0 Å². The first-order valence-electron chi connectivity index (χ1n) is 10.0. The van der Waals surface area contributed by atoms with Crippen LogP contribution in [0.4, 0.5) is 17.6 Å². The van der Waals surface area contributed by atoms with E-state index in [2.05, 4.69) is 4.74 Å². The maximum Gasteiger partial charge on any atom is 0.184 e. The predicted molar refractivity (Wildman–Crippen MR) is 97.4 cm³/mol. The zero-order valence-corrected chi connectivity index (χ0v) is 17.3. The van der Waals surface area contributed by atoms with Crippen LogP contribution in [0.1, 0.15) is 11.1 Å². The lowest BCUT2D eigenvalue weighted by molar-refractivity contribution is -0.296. The van der Waals surface area contributed by atoms with Gasteiger partial charge in [-0.25, -0.2) is 17.6 Å². The standard InChI is InChI=1S/C19H24F4O11/c20-9-5(2-31-16-7(25)4-33-18(29)14(16)27)10(21)12(23)6(11(9)22)3-32-17-13(26)8(1-24)34-19(30)15(17)28/h7-8,13-19,24-30H,1-4H2. The summed E-state index contributed by atoms with van der Waals surface area (Å²) in [5, 5.41) is 67.6. The minimum atomic E-state index is -1.93. The van der Waals surface area contributed by atoms with Crippen LogP contribution in [0.25, 0.3) is 0 Å². The zero-order valence-electron chi connectivity index (χ0n) is 17.3. The molecule has 15 heteroatoms. The minimum absolute atomic E-state index is 0.484. The van der Waals surface area contributed by atoms with Crippen LogP contribution in [0.2, 0.25) is 0 Å². The van der Waals surface area contributed by atoms with E-state index in [1.807, 2.05) is 0 Å². The number of aliphatic hydroxyl groups excluding tert-OH is 7. The number of ether oxygens (including phenoxy) is 4. The Morgan fingerprint density at radius 1 is 0.706 bits per heavy atom. The van der Waals surface area contributed by atoms with Crippen molar-refractivity contribution in [3.63, 3.8) is 0 Å². The second kappa shape index (κ2) is 11.0. The van der Waals surface area contributed by atoms with Gasteiger partial charge in [0.1, 0.15) is 42.7 Å². The summed E-state index contributed by atoms with van der Waals surface area (Å²) in [5.74, 6) is -7.53. The van der Waals surface area contributed by atoms with Gasteiger partial charge in [0.05, 0.1) is 37.6 Å². The number of hydrogen-bond acceptors (Lipinski definition) is 11. The summed E-state index contributed by atoms with van der Waals surface area (Å²) in [6, 6.07) is 0. The second-order valence-corrected chi connectivity index (χ2v) is 7.77. The van der Waals surface area contributed by atoms with Gasteiger partial charge in [0.2, 0.25) is 0 Å². The van der Waals surface area contributed by atoms with Crippen LogP contribution in [0, 0.1) is 23.3 Å². The van der Waals surface area contributed by atoms with Crippen LogP contribution in [0.15, 0.2) is 0 Å². The molecule has 0 amide bonds. The molecule has 34 heavy (non-hydrogen) atoms. The van der Waals surface area contributed by atoms with E-state index in [4.69, 9.17) is 19.3 Å². The molecule has 9 unspecified atom stereocenters. The Labute approximate surface area is 189 Å². The Hall–Kier alpha value is -1.50. The van der Waals surface area contributed by atoms with Gasteiger partial charge >= 0.3 is 0 Å². The maximum atomic E-state index is 14.5. The lowest BCUT2D eigenvalue weighted by Crippen LogP contribution is -2.59. The Morgan fingerprint density at radius 3 is 1.68 bits per heavy atom. The van der Waals surface area contributed by atoms with Gasteiger partial charge in [0, 0.05) is 0 Å². The SMILES string of the molecule is OCC1OC(O)C(O)C(OCc2c(F)c(F)c(COC3C(O)COC(O)C3O)c(F)c2F)C1O. The normalized spacial score (nSPS) is 36.6. The fourth-order valence-corrected chi connectivity index (χ4v) is 3.59. The molecule has 7 N–H and O–H groups in total. The molecule has 2 heterocycles. The summed E-state index contributed by atoms with van der Waals surface area (Å²) >= 11 is 0. The highest BCUT2D eigenvalue weighted by atomic mass is 19.2. The molecule has 2 aliphatic heterocycles. The topological polar surface area (TPSA) is 179 Å². The van der Waals surface area contributed by atoms with Crippen LogP contribution in [-0.4, -0.2) is 104 Å². The molecule has 2 saturated heterocycles. The molecule has 0 aromatic heterocycles. The third-order valence-electron chi connectivity index (χ3n) is 5.57. The first-order valence-corrected chi connectivity index (χ1v) is 10.0. The molecule has 3 rings (SSSR count). The summed E-state index contributed by atoms with van der Waals surface area (Å²) in [4.78, 5) is 0. The molecule has 1 aromatic rings. The molecule has 1 aromatic carbocycles. The summed E-state index contributed by atoms with van der Waals surface area (Å²) in [6.45, 7) is -3.62. The smallest absolute Gasteiger partial charge is 0.184 e. The van der Waals surface area contributed by atoms with Crippen molar-refractivity contribution in [2.75, 3.05) is 13.2 Å². The van der Waals surface area contributed by atoms with E-state index in [1.54, 1.807) is 0 Å². The van der Waals surface area contributed by atoms with Crippen LogP contribution in [0.3, 0.4) is 0 Å². The maximum absolute atomic E-state index is 14.5. The van der Waals surface area contributed by atoms with Crippen molar-refractivity contribution in [3.8, 4) is 0 Å². The molecule has 0 spiro atoms. The van der Waals surface area contributed by atoms with Gasteiger partial charge in [0.15, 0.2) is 35.8 Å². The molecule has 2 aliphatic rings. The summed E-state index contributed by atoms with van der Waals surface area (Å²) < 4.78 is 77.4. The first-order chi connectivity index (χ1) is 16.0. The Morgan fingerprint density at radius 2 is 1.18 bits per heavy atom. The van der Waals surface area contributed by atoms with E-state index in [1.165, 1.54) is 0 Å². The van der Waals surface area contributed by atoms with Gasteiger partial charge in [-0.15, -0.1) is 0 Å². The van der Waals surface area contributed by atoms with Gasteiger partial charge in [-0.3, -0.25) is 0 Å². The van der Waals surface area contributed by atoms with E-state index < -0.39 is 116 Å². The van der Waals surface area contributed by atoms with Crippen molar-refractivity contribution in [1.29, 1.82) is 0 Å². The second-order valence-electron chi connectivity index (χ2n) is 7.77. The molecule has 0 saturated carbocycles. The van der Waals surface area contributed by atoms with E-state index in [9.17, 15) is 48.2 Å². The van der Waals surface area contributed by atoms with Gasteiger partial charge in [-0.05, 0) is 0 Å². The number of rotatable bonds is 7. The Balaban J connectivity index is 1.77. The van der Waals surface area contributed by atoms with Crippen LogP contribution >= 0.6 is 0 Å². The summed E-state index contributed by atoms with van der Waals surface area (Å²) in [7, 11) is 0. The average Bonchev–Trinajstić information content (AvgIpc) is 2.81. The molecule has 9 atom stereocenters. The molecule has 194 valence electrons. The van der Waals surface area contributed by atoms with Crippen molar-refractivity contribution in [2.24, 2.45) is 0 Å². The fourth-order valence-electron chi connectivity index (χ4n) is 3.59. The highest BCUT2D eigenvalue weighted by Gasteiger charge is 2.45. The van der Waals surface area contributed by atoms with Crippen molar-refractivity contribution in [2.45, 2.75) is 68.5 Å². The monoisotopic (exact) mass is 504 g/mol. The highest BCUT2D eigenvalue weighted by Crippen LogP contribution is 2.29. The van der Waals surface area contributed by atoms with Crippen molar-refractivity contribution in [1.82, 2.24) is 0 Å². The molecular formula is C19H24F4O11. The van der Waals surface area contributed by atoms with Crippen molar-refractivity contribution in [3.05, 3.63) is 34.4 Å². The summed E-state index contributed by atoms with van der Waals surface area (Å²) in [5.41, 5.74) is -2.47. The van der Waals surface area contributed by atoms with E-state index in [0.29, 0.717) is 0 Å². The highest BCUT2D eigenvalue weighted by molar-refractivity contribution is 5.29. The van der Waals surface area contributed by atoms with E-state index in [0.717, 1.165) is 0 Å². The average molecular weight is 504 g/mol. The Kier molecular flexibility index (Phi) is 8.80. The predicted octanol–water partition coefficient (Wildman–Crippen LogP) is -2.48. The van der Waals surface area contributed by atoms with Crippen molar-refractivity contribution >= 4 is 0 Å². The molecule has 0 bridgehead atoms.